The molecule has 16 nitrogen and oxygen atoms in total. The quantitative estimate of drug-likeness (QED) is 0.0781. The second-order valence-electron chi connectivity index (χ2n) is 12.0. The zero-order valence-electron chi connectivity index (χ0n) is 29.0. The summed E-state index contributed by atoms with van der Waals surface area (Å²) in [6.45, 7) is 11.1. The number of aliphatic carboxylic acids is 1. The molecule has 0 aliphatic heterocycles. The fourth-order valence-corrected chi connectivity index (χ4v) is 4.42. The number of nitrogens with one attached hydrogen (secondary N) is 2. The normalized spacial score (nSPS) is 12.1. The summed E-state index contributed by atoms with van der Waals surface area (Å²) in [5.41, 5.74) is 4.32. The number of carbonyl (C=O) groups is 8. The number of nitrogens with two attached hydrogens (primary N) is 1. The fraction of sp³-hybridized carbons (Fsp3) is 0.562. The van der Waals surface area contributed by atoms with Gasteiger partial charge in [0.15, 0.2) is 17.3 Å². The molecule has 0 saturated heterocycles. The van der Waals surface area contributed by atoms with Crippen LogP contribution in [0.15, 0.2) is 29.2 Å². The average Bonchev–Trinajstić information content (AvgIpc) is 2.97. The molecule has 0 aromatic heterocycles. The van der Waals surface area contributed by atoms with Crippen molar-refractivity contribution in [3.8, 4) is 0 Å². The molecule has 0 bridgehead atoms. The van der Waals surface area contributed by atoms with Crippen LogP contribution in [0.5, 0.6) is 0 Å². The number of benzene rings is 1. The van der Waals surface area contributed by atoms with E-state index in [-0.39, 0.29) is 44.3 Å². The topological polar surface area (TPSA) is 244 Å². The van der Waals surface area contributed by atoms with Gasteiger partial charge in [-0.1, -0.05) is 39.5 Å². The van der Waals surface area contributed by atoms with E-state index in [1.807, 2.05) is 0 Å². The van der Waals surface area contributed by atoms with E-state index in [9.17, 15) is 38.4 Å². The van der Waals surface area contributed by atoms with Gasteiger partial charge in [0.1, 0.15) is 13.2 Å². The summed E-state index contributed by atoms with van der Waals surface area (Å²) >= 11 is 1.05. The minimum atomic E-state index is -1.19. The molecule has 0 fully saturated rings. The summed E-state index contributed by atoms with van der Waals surface area (Å²) in [5.74, 6) is -4.56. The minimum Gasteiger partial charge on any atom is -0.481 e. The Labute approximate surface area is 289 Å². The second kappa shape index (κ2) is 21.3. The van der Waals surface area contributed by atoms with E-state index >= 15 is 0 Å². The van der Waals surface area contributed by atoms with Gasteiger partial charge in [0.25, 0.3) is 11.8 Å². The molecule has 1 aromatic carbocycles. The Bertz CT molecular complexity index is 1330. The summed E-state index contributed by atoms with van der Waals surface area (Å²) in [6.07, 6.45) is -2.51. The van der Waals surface area contributed by atoms with Gasteiger partial charge in [0.05, 0.1) is 6.42 Å². The van der Waals surface area contributed by atoms with Crippen LogP contribution in [0.2, 0.25) is 0 Å². The number of ether oxygens (including phenoxy) is 4. The van der Waals surface area contributed by atoms with Crippen LogP contribution in [0.3, 0.4) is 0 Å². The predicted octanol–water partition coefficient (Wildman–Crippen LogP) is 2.01. The number of carbonyl (C=O) groups excluding carboxylic acids is 7. The van der Waals surface area contributed by atoms with E-state index in [1.165, 1.54) is 20.8 Å². The zero-order chi connectivity index (χ0) is 37.9. The number of nitrogen functional groups attached to an aromatic ring is 1. The van der Waals surface area contributed by atoms with Crippen molar-refractivity contribution in [2.24, 2.45) is 10.8 Å². The summed E-state index contributed by atoms with van der Waals surface area (Å²) in [6, 6.07) is 6.88. The molecule has 0 saturated carbocycles. The monoisotopic (exact) mass is 713 g/mol. The highest BCUT2D eigenvalue weighted by atomic mass is 32.2. The number of anilines is 1. The first kappa shape index (κ1) is 44.3. The second-order valence-corrected chi connectivity index (χ2v) is 13.2. The highest BCUT2D eigenvalue weighted by Crippen LogP contribution is 2.26. The first-order valence-electron chi connectivity index (χ1n) is 15.0. The summed E-state index contributed by atoms with van der Waals surface area (Å²) in [5, 5.41) is 13.4. The Balaban J connectivity index is 0.000000983. The molecular formula is C32H47N3O13S. The van der Waals surface area contributed by atoms with Crippen LogP contribution in [0.1, 0.15) is 68.2 Å². The Hall–Kier alpha value is -4.67. The van der Waals surface area contributed by atoms with Gasteiger partial charge in [0, 0.05) is 68.6 Å². The van der Waals surface area contributed by atoms with E-state index in [2.05, 4.69) is 10.6 Å². The Kier molecular flexibility index (Phi) is 19.3. The highest BCUT2D eigenvalue weighted by molar-refractivity contribution is 8.13. The van der Waals surface area contributed by atoms with Crippen molar-refractivity contribution in [2.45, 2.75) is 85.3 Å². The SMILES string of the molecule is CC(=O)OCC(C)(C)C(OC(C)=O)C(=O)NCCC(=O)O.CC(=O)OCC(C)(C)C(OC(C)=O)C(=O)NCCC(=O)Sc1ccc(N)cc1. The van der Waals surface area contributed by atoms with Gasteiger partial charge < -0.3 is 40.4 Å². The van der Waals surface area contributed by atoms with Crippen molar-refractivity contribution in [2.75, 3.05) is 32.0 Å². The summed E-state index contributed by atoms with van der Waals surface area (Å²) in [7, 11) is 0. The van der Waals surface area contributed by atoms with Crippen LogP contribution < -0.4 is 16.4 Å². The van der Waals surface area contributed by atoms with Crippen LogP contribution in [-0.4, -0.2) is 90.4 Å². The third-order valence-electron chi connectivity index (χ3n) is 6.14. The molecule has 2 unspecified atom stereocenters. The van der Waals surface area contributed by atoms with Crippen LogP contribution in [-0.2, 0) is 57.3 Å². The van der Waals surface area contributed by atoms with E-state index in [0.717, 1.165) is 23.6 Å². The molecule has 1 rings (SSSR count). The lowest BCUT2D eigenvalue weighted by Gasteiger charge is -2.31. The van der Waals surface area contributed by atoms with Crippen molar-refractivity contribution in [3.05, 3.63) is 24.3 Å². The average molecular weight is 714 g/mol. The maximum absolute atomic E-state index is 12.5. The van der Waals surface area contributed by atoms with Crippen molar-refractivity contribution in [1.29, 1.82) is 0 Å². The predicted molar refractivity (Wildman–Crippen MR) is 177 cm³/mol. The van der Waals surface area contributed by atoms with Crippen molar-refractivity contribution >= 4 is 64.2 Å². The van der Waals surface area contributed by atoms with Crippen molar-refractivity contribution in [1.82, 2.24) is 10.6 Å². The van der Waals surface area contributed by atoms with Gasteiger partial charge in [-0.2, -0.15) is 0 Å². The molecule has 1 aromatic rings. The number of amides is 2. The molecule has 0 aliphatic carbocycles. The lowest BCUT2D eigenvalue weighted by Crippen LogP contribution is -2.49. The molecule has 0 heterocycles. The van der Waals surface area contributed by atoms with Gasteiger partial charge in [-0.25, -0.2) is 0 Å². The van der Waals surface area contributed by atoms with Gasteiger partial charge in [-0.15, -0.1) is 0 Å². The molecule has 5 N–H and O–H groups in total. The van der Waals surface area contributed by atoms with Crippen LogP contribution >= 0.6 is 11.8 Å². The number of carboxylic acids is 1. The first-order chi connectivity index (χ1) is 22.6. The highest BCUT2D eigenvalue weighted by Gasteiger charge is 2.40. The minimum absolute atomic E-state index is 0.0844. The molecule has 0 radical (unpaired) electrons. The standard InChI is InChI=1S/C19H26N2O6S.C13H21NO7/c1-12(22)26-11-19(3,4)17(27-13(2)23)18(25)21-10-9-16(24)28-15-7-5-14(20)6-8-15;1-8(15)20-7-13(3,4)11(21-9(2)16)12(19)14-6-5-10(17)18/h5-8,17H,9-11,20H2,1-4H3,(H,21,25);11H,5-7H2,1-4H3,(H,14,19)(H,17,18). The molecule has 17 heteroatoms. The smallest absolute Gasteiger partial charge is 0.305 e. The third-order valence-corrected chi connectivity index (χ3v) is 7.08. The van der Waals surface area contributed by atoms with Gasteiger partial charge in [0.2, 0.25) is 0 Å². The maximum atomic E-state index is 12.5. The van der Waals surface area contributed by atoms with E-state index in [0.29, 0.717) is 5.69 Å². The summed E-state index contributed by atoms with van der Waals surface area (Å²) < 4.78 is 19.9. The zero-order valence-corrected chi connectivity index (χ0v) is 29.9. The van der Waals surface area contributed by atoms with Crippen molar-refractivity contribution < 1.29 is 62.4 Å². The molecule has 2 atom stereocenters. The van der Waals surface area contributed by atoms with E-state index < -0.39 is 64.7 Å². The lowest BCUT2D eigenvalue weighted by molar-refractivity contribution is -0.167. The van der Waals surface area contributed by atoms with Crippen LogP contribution in [0.25, 0.3) is 0 Å². The number of hydrogen-bond acceptors (Lipinski definition) is 14. The molecular weight excluding hydrogens is 666 g/mol. The lowest BCUT2D eigenvalue weighted by atomic mass is 9.86. The van der Waals surface area contributed by atoms with Gasteiger partial charge >= 0.3 is 29.8 Å². The van der Waals surface area contributed by atoms with Gasteiger partial charge in [-0.3, -0.25) is 38.4 Å². The number of esters is 4. The molecule has 274 valence electrons. The molecule has 0 spiro atoms. The summed E-state index contributed by atoms with van der Waals surface area (Å²) in [4.78, 5) is 92.1. The Morgan fingerprint density at radius 3 is 1.43 bits per heavy atom. The third kappa shape index (κ3) is 19.7. The maximum Gasteiger partial charge on any atom is 0.305 e. The van der Waals surface area contributed by atoms with Crippen LogP contribution in [0.4, 0.5) is 5.69 Å². The molecule has 0 aliphatic rings. The first-order valence-corrected chi connectivity index (χ1v) is 15.8. The molecule has 2 amide bonds. The van der Waals surface area contributed by atoms with Gasteiger partial charge in [-0.05, 0) is 24.3 Å². The molecule has 49 heavy (non-hydrogen) atoms. The number of thioether (sulfide) groups is 1. The fourth-order valence-electron chi connectivity index (χ4n) is 3.68. The van der Waals surface area contributed by atoms with Crippen molar-refractivity contribution in [3.63, 3.8) is 0 Å². The number of hydrogen-bond donors (Lipinski definition) is 4. The number of rotatable bonds is 17. The Morgan fingerprint density at radius 1 is 0.694 bits per heavy atom. The largest absolute Gasteiger partial charge is 0.481 e. The number of carboxylic acid groups (broad SMARTS) is 1. The van der Waals surface area contributed by atoms with Crippen LogP contribution in [0, 0.1) is 10.8 Å². The van der Waals surface area contributed by atoms with E-state index in [1.54, 1.807) is 52.0 Å². The van der Waals surface area contributed by atoms with E-state index in [4.69, 9.17) is 29.8 Å². The Morgan fingerprint density at radius 2 is 1.08 bits per heavy atom.